The fourth-order valence-corrected chi connectivity index (χ4v) is 1.98. The Morgan fingerprint density at radius 1 is 1.40 bits per heavy atom. The molecule has 0 saturated carbocycles. The molecule has 0 radical (unpaired) electrons. The maximum Gasteiger partial charge on any atom is 0.408 e. The lowest BCUT2D eigenvalue weighted by Crippen LogP contribution is -2.43. The van der Waals surface area contributed by atoms with Gasteiger partial charge in [-0.05, 0) is 5.56 Å². The predicted molar refractivity (Wildman–Crippen MR) is 70.4 cm³/mol. The SMILES string of the molecule is O=C(N[C@@H](Cc1ccccc1)C(=O)O)O[C@H]1CCOC1. The van der Waals surface area contributed by atoms with Crippen molar-refractivity contribution in [2.75, 3.05) is 13.2 Å². The first-order valence-corrected chi connectivity index (χ1v) is 6.47. The van der Waals surface area contributed by atoms with Crippen LogP contribution in [0.25, 0.3) is 0 Å². The van der Waals surface area contributed by atoms with Gasteiger partial charge in [-0.1, -0.05) is 30.3 Å². The molecule has 1 aromatic carbocycles. The van der Waals surface area contributed by atoms with E-state index in [0.29, 0.717) is 19.6 Å². The zero-order valence-electron chi connectivity index (χ0n) is 11.0. The molecule has 6 nitrogen and oxygen atoms in total. The van der Waals surface area contributed by atoms with Crippen LogP contribution >= 0.6 is 0 Å². The van der Waals surface area contributed by atoms with E-state index in [4.69, 9.17) is 14.6 Å². The van der Waals surface area contributed by atoms with E-state index in [1.165, 1.54) is 0 Å². The largest absolute Gasteiger partial charge is 0.480 e. The Hall–Kier alpha value is -2.08. The first-order valence-electron chi connectivity index (χ1n) is 6.47. The third-order valence-corrected chi connectivity index (χ3v) is 3.03. The van der Waals surface area contributed by atoms with Crippen molar-refractivity contribution in [3.05, 3.63) is 35.9 Å². The van der Waals surface area contributed by atoms with Gasteiger partial charge in [0.1, 0.15) is 12.1 Å². The summed E-state index contributed by atoms with van der Waals surface area (Å²) in [4.78, 5) is 22.8. The first kappa shape index (κ1) is 14.3. The number of carboxylic acid groups (broad SMARTS) is 1. The van der Waals surface area contributed by atoms with Gasteiger partial charge >= 0.3 is 12.1 Å². The second kappa shape index (κ2) is 6.91. The molecule has 0 unspecified atom stereocenters. The second-order valence-electron chi connectivity index (χ2n) is 4.62. The summed E-state index contributed by atoms with van der Waals surface area (Å²) in [6.45, 7) is 0.925. The number of nitrogens with one attached hydrogen (secondary N) is 1. The summed E-state index contributed by atoms with van der Waals surface area (Å²) >= 11 is 0. The lowest BCUT2D eigenvalue weighted by atomic mass is 10.1. The minimum Gasteiger partial charge on any atom is -0.480 e. The quantitative estimate of drug-likeness (QED) is 0.846. The van der Waals surface area contributed by atoms with E-state index in [0.717, 1.165) is 5.56 Å². The van der Waals surface area contributed by atoms with Crippen LogP contribution in [0.2, 0.25) is 0 Å². The topological polar surface area (TPSA) is 84.9 Å². The maximum atomic E-state index is 11.7. The molecule has 1 fully saturated rings. The number of carbonyl (C=O) groups excluding carboxylic acids is 1. The van der Waals surface area contributed by atoms with Gasteiger partial charge in [0.05, 0.1) is 13.2 Å². The van der Waals surface area contributed by atoms with E-state index < -0.39 is 18.1 Å². The highest BCUT2D eigenvalue weighted by Crippen LogP contribution is 2.09. The van der Waals surface area contributed by atoms with Crippen LogP contribution in [-0.4, -0.2) is 42.5 Å². The molecule has 1 aliphatic rings. The molecule has 1 amide bonds. The van der Waals surface area contributed by atoms with Gasteiger partial charge in [0.25, 0.3) is 0 Å². The average molecular weight is 279 g/mol. The average Bonchev–Trinajstić information content (AvgIpc) is 2.92. The minimum atomic E-state index is -1.09. The van der Waals surface area contributed by atoms with E-state index in [1.54, 1.807) is 0 Å². The van der Waals surface area contributed by atoms with Gasteiger partial charge in [-0.2, -0.15) is 0 Å². The number of ether oxygens (including phenoxy) is 2. The highest BCUT2D eigenvalue weighted by Gasteiger charge is 2.24. The number of carboxylic acids is 1. The summed E-state index contributed by atoms with van der Waals surface area (Å²) in [5.41, 5.74) is 0.837. The van der Waals surface area contributed by atoms with Crippen molar-refractivity contribution in [1.82, 2.24) is 5.32 Å². The summed E-state index contributed by atoms with van der Waals surface area (Å²) in [5, 5.41) is 11.5. The molecular weight excluding hydrogens is 262 g/mol. The summed E-state index contributed by atoms with van der Waals surface area (Å²) in [7, 11) is 0. The highest BCUT2D eigenvalue weighted by atomic mass is 16.6. The summed E-state index contributed by atoms with van der Waals surface area (Å²) in [6, 6.07) is 8.11. The van der Waals surface area contributed by atoms with Gasteiger partial charge in [0, 0.05) is 12.8 Å². The molecular formula is C14H17NO5. The van der Waals surface area contributed by atoms with Crippen molar-refractivity contribution in [3.8, 4) is 0 Å². The maximum absolute atomic E-state index is 11.7. The van der Waals surface area contributed by atoms with Gasteiger partial charge in [-0.25, -0.2) is 9.59 Å². The molecule has 2 atom stereocenters. The van der Waals surface area contributed by atoms with Crippen molar-refractivity contribution in [3.63, 3.8) is 0 Å². The fraction of sp³-hybridized carbons (Fsp3) is 0.429. The number of alkyl carbamates (subject to hydrolysis) is 1. The van der Waals surface area contributed by atoms with Crippen LogP contribution in [0.5, 0.6) is 0 Å². The number of hydrogen-bond donors (Lipinski definition) is 2. The molecule has 6 heteroatoms. The fourth-order valence-electron chi connectivity index (χ4n) is 1.98. The van der Waals surface area contributed by atoms with E-state index in [-0.39, 0.29) is 12.5 Å². The summed E-state index contributed by atoms with van der Waals surface area (Å²) in [6.07, 6.45) is -0.152. The Balaban J connectivity index is 1.88. The molecule has 2 rings (SSSR count). The zero-order chi connectivity index (χ0) is 14.4. The molecule has 1 aromatic rings. The predicted octanol–water partition coefficient (Wildman–Crippen LogP) is 1.20. The number of rotatable bonds is 5. The van der Waals surface area contributed by atoms with Crippen molar-refractivity contribution < 1.29 is 24.2 Å². The Labute approximate surface area is 116 Å². The number of amides is 1. The third kappa shape index (κ3) is 4.24. The zero-order valence-corrected chi connectivity index (χ0v) is 11.0. The van der Waals surface area contributed by atoms with Crippen molar-refractivity contribution in [2.45, 2.75) is 25.0 Å². The minimum absolute atomic E-state index is 0.215. The molecule has 108 valence electrons. The van der Waals surface area contributed by atoms with E-state index in [2.05, 4.69) is 5.32 Å². The molecule has 0 spiro atoms. The molecule has 2 N–H and O–H groups in total. The van der Waals surface area contributed by atoms with Crippen LogP contribution in [0.15, 0.2) is 30.3 Å². The van der Waals surface area contributed by atoms with Crippen LogP contribution in [0.4, 0.5) is 4.79 Å². The highest BCUT2D eigenvalue weighted by molar-refractivity contribution is 5.80. The monoisotopic (exact) mass is 279 g/mol. The van der Waals surface area contributed by atoms with Crippen LogP contribution < -0.4 is 5.32 Å². The lowest BCUT2D eigenvalue weighted by Gasteiger charge is -2.16. The standard InChI is InChI=1S/C14H17NO5/c16-13(17)12(8-10-4-2-1-3-5-10)15-14(18)20-11-6-7-19-9-11/h1-5,11-12H,6-9H2,(H,15,18)(H,16,17)/t11-,12-/m0/s1. The molecule has 20 heavy (non-hydrogen) atoms. The molecule has 1 aliphatic heterocycles. The third-order valence-electron chi connectivity index (χ3n) is 3.03. The van der Waals surface area contributed by atoms with E-state index >= 15 is 0 Å². The summed E-state index contributed by atoms with van der Waals surface area (Å²) in [5.74, 6) is -1.09. The first-order chi connectivity index (χ1) is 9.65. The Bertz CT molecular complexity index is 456. The number of aliphatic carboxylic acids is 1. The van der Waals surface area contributed by atoms with Crippen LogP contribution in [-0.2, 0) is 20.7 Å². The van der Waals surface area contributed by atoms with Gasteiger partial charge in [0.15, 0.2) is 0 Å². The van der Waals surface area contributed by atoms with Crippen LogP contribution in [0.1, 0.15) is 12.0 Å². The smallest absolute Gasteiger partial charge is 0.408 e. The normalized spacial score (nSPS) is 19.3. The van der Waals surface area contributed by atoms with Crippen molar-refractivity contribution in [2.24, 2.45) is 0 Å². The van der Waals surface area contributed by atoms with Gasteiger partial charge < -0.3 is 19.9 Å². The van der Waals surface area contributed by atoms with Crippen LogP contribution in [0.3, 0.4) is 0 Å². The summed E-state index contributed by atoms with van der Waals surface area (Å²) < 4.78 is 10.2. The molecule has 1 saturated heterocycles. The van der Waals surface area contributed by atoms with E-state index in [1.807, 2.05) is 30.3 Å². The molecule has 0 aromatic heterocycles. The Morgan fingerprint density at radius 2 is 2.15 bits per heavy atom. The number of hydrogen-bond acceptors (Lipinski definition) is 4. The van der Waals surface area contributed by atoms with Crippen molar-refractivity contribution in [1.29, 1.82) is 0 Å². The molecule has 1 heterocycles. The Morgan fingerprint density at radius 3 is 2.75 bits per heavy atom. The number of benzene rings is 1. The molecule has 0 aliphatic carbocycles. The van der Waals surface area contributed by atoms with Gasteiger partial charge in [-0.15, -0.1) is 0 Å². The van der Waals surface area contributed by atoms with Gasteiger partial charge in [0.2, 0.25) is 0 Å². The van der Waals surface area contributed by atoms with Gasteiger partial charge in [-0.3, -0.25) is 0 Å². The van der Waals surface area contributed by atoms with E-state index in [9.17, 15) is 9.59 Å². The van der Waals surface area contributed by atoms with Crippen molar-refractivity contribution >= 4 is 12.1 Å². The van der Waals surface area contributed by atoms with Crippen LogP contribution in [0, 0.1) is 0 Å². The number of carbonyl (C=O) groups is 2. The lowest BCUT2D eigenvalue weighted by molar-refractivity contribution is -0.139. The second-order valence-corrected chi connectivity index (χ2v) is 4.62. The molecule has 0 bridgehead atoms. The Kier molecular flexibility index (Phi) is 4.95.